The highest BCUT2D eigenvalue weighted by Crippen LogP contribution is 2.11. The summed E-state index contributed by atoms with van der Waals surface area (Å²) in [6, 6.07) is 16.3. The van der Waals surface area contributed by atoms with Crippen molar-refractivity contribution in [3.8, 4) is 0 Å². The number of fused-ring (bicyclic) bond motifs is 1. The van der Waals surface area contributed by atoms with E-state index in [9.17, 15) is 4.79 Å². The predicted octanol–water partition coefficient (Wildman–Crippen LogP) is 2.27. The monoisotopic (exact) mass is 364 g/mol. The van der Waals surface area contributed by atoms with Gasteiger partial charge >= 0.3 is 0 Å². The van der Waals surface area contributed by atoms with E-state index >= 15 is 0 Å². The fourth-order valence-corrected chi connectivity index (χ4v) is 3.44. The van der Waals surface area contributed by atoms with E-state index in [1.54, 1.807) is 6.20 Å². The van der Waals surface area contributed by atoms with E-state index in [-0.39, 0.29) is 12.0 Å². The van der Waals surface area contributed by atoms with Crippen LogP contribution in [0.15, 0.2) is 54.7 Å². The standard InChI is InChI=1S/C21H24N4O2/c1-16-6-5-9-20-23-19(15-25(16)20)21(26)22-12-18-14-24(10-11-27-18)13-17-7-3-2-4-8-17/h2-9,15,18H,10-14H2,1H3,(H,22,26). The SMILES string of the molecule is Cc1cccc2nc(C(=O)NCC3CN(Cc4ccccc4)CCO3)cn12. The van der Waals surface area contributed by atoms with Crippen molar-refractivity contribution in [1.82, 2.24) is 19.6 Å². The van der Waals surface area contributed by atoms with E-state index in [0.29, 0.717) is 18.8 Å². The van der Waals surface area contributed by atoms with Crippen LogP contribution in [0.4, 0.5) is 0 Å². The fourth-order valence-electron chi connectivity index (χ4n) is 3.44. The van der Waals surface area contributed by atoms with Crippen molar-refractivity contribution in [3.63, 3.8) is 0 Å². The Balaban J connectivity index is 1.33. The van der Waals surface area contributed by atoms with E-state index < -0.39 is 0 Å². The lowest BCUT2D eigenvalue weighted by Crippen LogP contribution is -2.47. The summed E-state index contributed by atoms with van der Waals surface area (Å²) in [5, 5.41) is 2.97. The molecule has 3 heterocycles. The molecule has 1 saturated heterocycles. The summed E-state index contributed by atoms with van der Waals surface area (Å²) in [6.45, 7) is 5.77. The minimum atomic E-state index is -0.165. The first kappa shape index (κ1) is 17.7. The highest BCUT2D eigenvalue weighted by molar-refractivity contribution is 5.92. The van der Waals surface area contributed by atoms with Crippen LogP contribution in [0, 0.1) is 6.92 Å². The van der Waals surface area contributed by atoms with Gasteiger partial charge in [0.1, 0.15) is 11.3 Å². The number of hydrogen-bond donors (Lipinski definition) is 1. The molecule has 1 atom stereocenters. The van der Waals surface area contributed by atoms with Crippen LogP contribution >= 0.6 is 0 Å². The molecule has 0 bridgehead atoms. The third-order valence-electron chi connectivity index (χ3n) is 4.89. The quantitative estimate of drug-likeness (QED) is 0.755. The number of aromatic nitrogens is 2. The van der Waals surface area contributed by atoms with Gasteiger partial charge in [-0.15, -0.1) is 0 Å². The Labute approximate surface area is 158 Å². The number of nitrogens with zero attached hydrogens (tertiary/aromatic N) is 3. The predicted molar refractivity (Wildman–Crippen MR) is 104 cm³/mol. The Morgan fingerprint density at radius 3 is 2.89 bits per heavy atom. The average Bonchev–Trinajstić information content (AvgIpc) is 3.13. The second kappa shape index (κ2) is 7.90. The number of imidazole rings is 1. The fraction of sp³-hybridized carbons (Fsp3) is 0.333. The Hall–Kier alpha value is -2.70. The summed E-state index contributed by atoms with van der Waals surface area (Å²) < 4.78 is 7.75. The Bertz CT molecular complexity index is 922. The highest BCUT2D eigenvalue weighted by Gasteiger charge is 2.22. The van der Waals surface area contributed by atoms with Crippen LogP contribution in [-0.4, -0.2) is 52.5 Å². The van der Waals surface area contributed by atoms with Crippen LogP contribution < -0.4 is 5.32 Å². The zero-order valence-electron chi connectivity index (χ0n) is 15.5. The third-order valence-corrected chi connectivity index (χ3v) is 4.89. The first-order chi connectivity index (χ1) is 13.2. The first-order valence-electron chi connectivity index (χ1n) is 9.30. The van der Waals surface area contributed by atoms with Crippen LogP contribution in [0.5, 0.6) is 0 Å². The molecule has 6 heteroatoms. The number of carbonyl (C=O) groups excluding carboxylic acids is 1. The molecule has 0 radical (unpaired) electrons. The van der Waals surface area contributed by atoms with E-state index in [1.807, 2.05) is 35.6 Å². The van der Waals surface area contributed by atoms with Gasteiger partial charge in [-0.2, -0.15) is 0 Å². The molecule has 1 aromatic carbocycles. The van der Waals surface area contributed by atoms with Gasteiger partial charge in [-0.1, -0.05) is 36.4 Å². The molecule has 140 valence electrons. The lowest BCUT2D eigenvalue weighted by Gasteiger charge is -2.33. The number of hydrogen-bond acceptors (Lipinski definition) is 4. The molecule has 2 aromatic heterocycles. The molecule has 27 heavy (non-hydrogen) atoms. The van der Waals surface area contributed by atoms with E-state index in [1.165, 1.54) is 5.56 Å². The molecule has 0 aliphatic carbocycles. The van der Waals surface area contributed by atoms with Crippen LogP contribution in [0.25, 0.3) is 5.65 Å². The van der Waals surface area contributed by atoms with Crippen molar-refractivity contribution in [3.05, 3.63) is 71.7 Å². The second-order valence-electron chi connectivity index (χ2n) is 6.95. The number of ether oxygens (including phenoxy) is 1. The molecule has 1 unspecified atom stereocenters. The number of nitrogens with one attached hydrogen (secondary N) is 1. The van der Waals surface area contributed by atoms with Crippen molar-refractivity contribution in [2.24, 2.45) is 0 Å². The molecule has 3 aromatic rings. The Kier molecular flexibility index (Phi) is 5.18. The highest BCUT2D eigenvalue weighted by atomic mass is 16.5. The molecule has 4 rings (SSSR count). The molecular formula is C21H24N4O2. The van der Waals surface area contributed by atoms with Crippen molar-refractivity contribution in [1.29, 1.82) is 0 Å². The zero-order chi connectivity index (χ0) is 18.6. The smallest absolute Gasteiger partial charge is 0.271 e. The second-order valence-corrected chi connectivity index (χ2v) is 6.95. The number of morpholine rings is 1. The van der Waals surface area contributed by atoms with Gasteiger partial charge in [0.2, 0.25) is 0 Å². The van der Waals surface area contributed by atoms with Crippen molar-refractivity contribution >= 4 is 11.6 Å². The Morgan fingerprint density at radius 1 is 1.22 bits per heavy atom. The molecule has 1 amide bonds. The summed E-state index contributed by atoms with van der Waals surface area (Å²) in [5.41, 5.74) is 3.55. The lowest BCUT2D eigenvalue weighted by atomic mass is 10.2. The number of rotatable bonds is 5. The van der Waals surface area contributed by atoms with Gasteiger partial charge in [0.15, 0.2) is 0 Å². The number of pyridine rings is 1. The van der Waals surface area contributed by atoms with Gasteiger partial charge in [-0.05, 0) is 24.6 Å². The van der Waals surface area contributed by atoms with Gasteiger partial charge in [-0.25, -0.2) is 4.98 Å². The van der Waals surface area contributed by atoms with Gasteiger partial charge in [-0.3, -0.25) is 9.69 Å². The molecule has 1 N–H and O–H groups in total. The van der Waals surface area contributed by atoms with Crippen LogP contribution in [-0.2, 0) is 11.3 Å². The van der Waals surface area contributed by atoms with Crippen molar-refractivity contribution in [2.75, 3.05) is 26.2 Å². The third kappa shape index (κ3) is 4.18. The molecule has 0 spiro atoms. The molecule has 1 aliphatic rings. The van der Waals surface area contributed by atoms with Crippen molar-refractivity contribution < 1.29 is 9.53 Å². The maximum absolute atomic E-state index is 12.5. The van der Waals surface area contributed by atoms with Gasteiger partial charge < -0.3 is 14.5 Å². The lowest BCUT2D eigenvalue weighted by molar-refractivity contribution is -0.0292. The number of benzene rings is 1. The van der Waals surface area contributed by atoms with Gasteiger partial charge in [0.25, 0.3) is 5.91 Å². The number of amides is 1. The summed E-state index contributed by atoms with van der Waals surface area (Å²) in [5.74, 6) is -0.165. The summed E-state index contributed by atoms with van der Waals surface area (Å²) >= 11 is 0. The normalized spacial score (nSPS) is 17.9. The summed E-state index contributed by atoms with van der Waals surface area (Å²) in [4.78, 5) is 19.3. The van der Waals surface area contributed by atoms with Crippen LogP contribution in [0.2, 0.25) is 0 Å². The number of aryl methyl sites for hydroxylation is 1. The topological polar surface area (TPSA) is 58.9 Å². The van der Waals surface area contributed by atoms with Gasteiger partial charge in [0, 0.05) is 38.1 Å². The van der Waals surface area contributed by atoms with Crippen LogP contribution in [0.3, 0.4) is 0 Å². The van der Waals surface area contributed by atoms with Crippen molar-refractivity contribution in [2.45, 2.75) is 19.6 Å². The molecular weight excluding hydrogens is 340 g/mol. The van der Waals surface area contributed by atoms with E-state index in [2.05, 4.69) is 39.5 Å². The maximum atomic E-state index is 12.5. The molecule has 6 nitrogen and oxygen atoms in total. The van der Waals surface area contributed by atoms with Crippen LogP contribution in [0.1, 0.15) is 21.7 Å². The zero-order valence-corrected chi connectivity index (χ0v) is 15.5. The first-order valence-corrected chi connectivity index (χ1v) is 9.30. The molecule has 1 fully saturated rings. The minimum absolute atomic E-state index is 0.00909. The number of carbonyl (C=O) groups is 1. The van der Waals surface area contributed by atoms with E-state index in [0.717, 1.165) is 31.0 Å². The molecule has 1 aliphatic heterocycles. The summed E-state index contributed by atoms with van der Waals surface area (Å²) in [7, 11) is 0. The van der Waals surface area contributed by atoms with Gasteiger partial charge in [0.05, 0.1) is 12.7 Å². The largest absolute Gasteiger partial charge is 0.374 e. The minimum Gasteiger partial charge on any atom is -0.374 e. The molecule has 0 saturated carbocycles. The van der Waals surface area contributed by atoms with E-state index in [4.69, 9.17) is 4.74 Å². The average molecular weight is 364 g/mol. The summed E-state index contributed by atoms with van der Waals surface area (Å²) in [6.07, 6.45) is 1.77. The Morgan fingerprint density at radius 2 is 2.07 bits per heavy atom. The maximum Gasteiger partial charge on any atom is 0.271 e.